The average Bonchev–Trinajstić information content (AvgIpc) is 2.92. The van der Waals surface area contributed by atoms with Crippen LogP contribution in [0.15, 0.2) is 23.4 Å². The Bertz CT molecular complexity index is 559. The van der Waals surface area contributed by atoms with Crippen LogP contribution in [0.1, 0.15) is 19.5 Å². The lowest BCUT2D eigenvalue weighted by molar-refractivity contribution is 0.397. The van der Waals surface area contributed by atoms with E-state index in [0.29, 0.717) is 17.7 Å². The van der Waals surface area contributed by atoms with Crippen molar-refractivity contribution in [3.8, 4) is 5.88 Å². The van der Waals surface area contributed by atoms with E-state index in [4.69, 9.17) is 4.74 Å². The zero-order chi connectivity index (χ0) is 15.1. The molecule has 114 valence electrons. The number of rotatable bonds is 8. The van der Waals surface area contributed by atoms with E-state index in [2.05, 4.69) is 39.7 Å². The van der Waals surface area contributed by atoms with Crippen molar-refractivity contribution in [1.29, 1.82) is 0 Å². The Morgan fingerprint density at radius 1 is 1.38 bits per heavy atom. The van der Waals surface area contributed by atoms with Crippen LogP contribution in [-0.2, 0) is 12.3 Å². The highest BCUT2D eigenvalue weighted by Gasteiger charge is 2.08. The van der Waals surface area contributed by atoms with Gasteiger partial charge in [0.2, 0.25) is 11.0 Å². The van der Waals surface area contributed by atoms with Crippen molar-refractivity contribution >= 4 is 11.8 Å². The van der Waals surface area contributed by atoms with Gasteiger partial charge in [0.05, 0.1) is 19.3 Å². The molecule has 21 heavy (non-hydrogen) atoms. The van der Waals surface area contributed by atoms with Gasteiger partial charge >= 0.3 is 0 Å². The highest BCUT2D eigenvalue weighted by Crippen LogP contribution is 2.19. The SMILES string of the molecule is COc1cccc(CSc2nnnn2CCNC(C)C)n1. The molecule has 2 aromatic rings. The van der Waals surface area contributed by atoms with E-state index in [1.165, 1.54) is 0 Å². The molecule has 1 N–H and O–H groups in total. The van der Waals surface area contributed by atoms with Gasteiger partial charge in [-0.05, 0) is 16.5 Å². The lowest BCUT2D eigenvalue weighted by Gasteiger charge is -2.08. The molecule has 0 fully saturated rings. The lowest BCUT2D eigenvalue weighted by atomic mass is 10.4. The average molecular weight is 308 g/mol. The van der Waals surface area contributed by atoms with E-state index >= 15 is 0 Å². The number of methoxy groups -OCH3 is 1. The second-order valence-electron chi connectivity index (χ2n) is 4.75. The summed E-state index contributed by atoms with van der Waals surface area (Å²) in [5.74, 6) is 1.32. The Labute approximate surface area is 128 Å². The van der Waals surface area contributed by atoms with E-state index in [0.717, 1.165) is 23.9 Å². The number of thioether (sulfide) groups is 1. The van der Waals surface area contributed by atoms with Crippen molar-refractivity contribution in [3.63, 3.8) is 0 Å². The number of ether oxygens (including phenoxy) is 1. The molecule has 0 atom stereocenters. The van der Waals surface area contributed by atoms with Gasteiger partial charge in [0.15, 0.2) is 0 Å². The Kier molecular flexibility index (Phi) is 5.94. The normalized spacial score (nSPS) is 11.0. The third-order valence-corrected chi connectivity index (χ3v) is 3.71. The summed E-state index contributed by atoms with van der Waals surface area (Å²) in [7, 11) is 1.61. The molecule has 0 saturated carbocycles. The van der Waals surface area contributed by atoms with E-state index in [1.807, 2.05) is 18.2 Å². The molecular weight excluding hydrogens is 288 g/mol. The minimum absolute atomic E-state index is 0.457. The fourth-order valence-electron chi connectivity index (χ4n) is 1.69. The lowest BCUT2D eigenvalue weighted by Crippen LogP contribution is -2.27. The molecule has 0 bridgehead atoms. The number of nitrogens with one attached hydrogen (secondary N) is 1. The van der Waals surface area contributed by atoms with Gasteiger partial charge in [-0.1, -0.05) is 31.7 Å². The van der Waals surface area contributed by atoms with E-state index in [9.17, 15) is 0 Å². The predicted octanol–water partition coefficient (Wildman–Crippen LogP) is 1.37. The zero-order valence-electron chi connectivity index (χ0n) is 12.5. The van der Waals surface area contributed by atoms with Crippen molar-refractivity contribution in [2.24, 2.45) is 0 Å². The molecule has 2 aromatic heterocycles. The highest BCUT2D eigenvalue weighted by atomic mass is 32.2. The summed E-state index contributed by atoms with van der Waals surface area (Å²) in [5, 5.41) is 15.9. The van der Waals surface area contributed by atoms with E-state index in [-0.39, 0.29) is 0 Å². The number of hydrogen-bond acceptors (Lipinski definition) is 7. The Morgan fingerprint density at radius 2 is 2.24 bits per heavy atom. The van der Waals surface area contributed by atoms with Gasteiger partial charge in [-0.2, -0.15) is 0 Å². The summed E-state index contributed by atoms with van der Waals surface area (Å²) in [6.07, 6.45) is 0. The first kappa shape index (κ1) is 15.7. The van der Waals surface area contributed by atoms with Gasteiger partial charge in [-0.15, -0.1) is 5.10 Å². The second-order valence-corrected chi connectivity index (χ2v) is 5.70. The van der Waals surface area contributed by atoms with Crippen LogP contribution >= 0.6 is 11.8 Å². The quantitative estimate of drug-likeness (QED) is 0.738. The summed E-state index contributed by atoms with van der Waals surface area (Å²) in [6.45, 7) is 5.82. The fraction of sp³-hybridized carbons (Fsp3) is 0.538. The van der Waals surface area contributed by atoms with Crippen molar-refractivity contribution in [3.05, 3.63) is 23.9 Å². The molecule has 0 spiro atoms. The molecule has 8 heteroatoms. The standard InChI is InChI=1S/C13H20N6OS/c1-10(2)14-7-8-19-13(16-17-18-19)21-9-11-5-4-6-12(15-11)20-3/h4-6,10,14H,7-9H2,1-3H3. The first-order chi connectivity index (χ1) is 10.2. The molecule has 0 saturated heterocycles. The summed E-state index contributed by atoms with van der Waals surface area (Å²) < 4.78 is 6.92. The largest absolute Gasteiger partial charge is 0.481 e. The van der Waals surface area contributed by atoms with Crippen LogP contribution < -0.4 is 10.1 Å². The van der Waals surface area contributed by atoms with Crippen LogP contribution in [0.5, 0.6) is 5.88 Å². The third kappa shape index (κ3) is 4.98. The Balaban J connectivity index is 1.89. The third-order valence-electron chi connectivity index (χ3n) is 2.71. The van der Waals surface area contributed by atoms with E-state index in [1.54, 1.807) is 23.6 Å². The van der Waals surface area contributed by atoms with Crippen LogP contribution in [0.3, 0.4) is 0 Å². The van der Waals surface area contributed by atoms with Gasteiger partial charge in [0, 0.05) is 24.4 Å². The molecule has 0 amide bonds. The van der Waals surface area contributed by atoms with Gasteiger partial charge in [0.1, 0.15) is 0 Å². The zero-order valence-corrected chi connectivity index (χ0v) is 13.3. The van der Waals surface area contributed by atoms with Gasteiger partial charge in [-0.25, -0.2) is 9.67 Å². The van der Waals surface area contributed by atoms with Crippen LogP contribution in [-0.4, -0.2) is 44.9 Å². The Hall–Kier alpha value is -1.67. The molecule has 2 heterocycles. The number of hydrogen-bond donors (Lipinski definition) is 1. The summed E-state index contributed by atoms with van der Waals surface area (Å²) in [4.78, 5) is 4.37. The fourth-order valence-corrected chi connectivity index (χ4v) is 2.50. The highest BCUT2D eigenvalue weighted by molar-refractivity contribution is 7.98. The first-order valence-corrected chi connectivity index (χ1v) is 7.80. The van der Waals surface area contributed by atoms with Crippen LogP contribution in [0, 0.1) is 0 Å². The van der Waals surface area contributed by atoms with Gasteiger partial charge in [0.25, 0.3) is 0 Å². The maximum Gasteiger partial charge on any atom is 0.213 e. The molecule has 0 aliphatic heterocycles. The van der Waals surface area contributed by atoms with Crippen LogP contribution in [0.2, 0.25) is 0 Å². The number of nitrogens with zero attached hydrogens (tertiary/aromatic N) is 5. The molecule has 7 nitrogen and oxygen atoms in total. The number of pyridine rings is 1. The van der Waals surface area contributed by atoms with Crippen molar-refractivity contribution in [2.45, 2.75) is 37.3 Å². The van der Waals surface area contributed by atoms with Crippen LogP contribution in [0.25, 0.3) is 0 Å². The minimum atomic E-state index is 0.457. The van der Waals surface area contributed by atoms with E-state index < -0.39 is 0 Å². The molecule has 0 unspecified atom stereocenters. The predicted molar refractivity (Wildman–Crippen MR) is 81.3 cm³/mol. The molecule has 0 aliphatic carbocycles. The molecular formula is C13H20N6OS. The Morgan fingerprint density at radius 3 is 3.00 bits per heavy atom. The van der Waals surface area contributed by atoms with Crippen LogP contribution in [0.4, 0.5) is 0 Å². The number of aromatic nitrogens is 5. The molecule has 0 aliphatic rings. The monoisotopic (exact) mass is 308 g/mol. The molecule has 2 rings (SSSR count). The second kappa shape index (κ2) is 7.94. The topological polar surface area (TPSA) is 77.8 Å². The smallest absolute Gasteiger partial charge is 0.213 e. The van der Waals surface area contributed by atoms with Crippen molar-refractivity contribution in [1.82, 2.24) is 30.5 Å². The molecule has 0 radical (unpaired) electrons. The number of tetrazole rings is 1. The molecule has 0 aromatic carbocycles. The minimum Gasteiger partial charge on any atom is -0.481 e. The maximum atomic E-state index is 5.12. The summed E-state index contributed by atoms with van der Waals surface area (Å²) >= 11 is 1.57. The summed E-state index contributed by atoms with van der Waals surface area (Å²) in [5.41, 5.74) is 0.939. The van der Waals surface area contributed by atoms with Crippen molar-refractivity contribution in [2.75, 3.05) is 13.7 Å². The van der Waals surface area contributed by atoms with Gasteiger partial charge < -0.3 is 10.1 Å². The van der Waals surface area contributed by atoms with Gasteiger partial charge in [-0.3, -0.25) is 0 Å². The first-order valence-electron chi connectivity index (χ1n) is 6.81. The summed E-state index contributed by atoms with van der Waals surface area (Å²) in [6, 6.07) is 6.18. The maximum absolute atomic E-state index is 5.12. The van der Waals surface area contributed by atoms with Crippen molar-refractivity contribution < 1.29 is 4.74 Å².